The van der Waals surface area contributed by atoms with Crippen molar-refractivity contribution in [2.45, 2.75) is 86.1 Å². The van der Waals surface area contributed by atoms with Gasteiger partial charge in [0.15, 0.2) is 22.8 Å². The molecule has 14 heteroatoms. The van der Waals surface area contributed by atoms with E-state index >= 15 is 0 Å². The van der Waals surface area contributed by atoms with Crippen LogP contribution in [0.1, 0.15) is 62.3 Å². The standard InChI is InChI=1S/C28H39ClN8O5/c1-16(2)14-36-22-19(32-23(36)29)21(35-10-11-40-15-17(35)3)33-20(34-22)18-12-30-24(31-13-18)37(25(38)41-27(4,5)6)26(39)42-28(7,8)9/h12-13,16-17H,10-11,14-15H2,1-9H3/t17-/m0/s1. The van der Waals surface area contributed by atoms with Crippen molar-refractivity contribution in [3.05, 3.63) is 17.7 Å². The van der Waals surface area contributed by atoms with Gasteiger partial charge in [0.2, 0.25) is 11.2 Å². The van der Waals surface area contributed by atoms with Crippen molar-refractivity contribution in [1.82, 2.24) is 29.5 Å². The van der Waals surface area contributed by atoms with Gasteiger partial charge in [-0.3, -0.25) is 4.57 Å². The van der Waals surface area contributed by atoms with Gasteiger partial charge >= 0.3 is 12.2 Å². The van der Waals surface area contributed by atoms with Gasteiger partial charge in [0.25, 0.3) is 0 Å². The first-order valence-corrected chi connectivity index (χ1v) is 14.3. The predicted molar refractivity (Wildman–Crippen MR) is 159 cm³/mol. The summed E-state index contributed by atoms with van der Waals surface area (Å²) >= 11 is 6.59. The molecule has 3 aromatic rings. The summed E-state index contributed by atoms with van der Waals surface area (Å²) in [5.74, 6) is 1.05. The number of carbonyl (C=O) groups excluding carboxylic acids is 2. The minimum Gasteiger partial charge on any atom is -0.443 e. The fourth-order valence-corrected chi connectivity index (χ4v) is 4.50. The maximum atomic E-state index is 13.0. The van der Waals surface area contributed by atoms with Crippen molar-refractivity contribution in [3.8, 4) is 11.4 Å². The molecule has 0 aliphatic carbocycles. The van der Waals surface area contributed by atoms with Crippen molar-refractivity contribution >= 4 is 46.7 Å². The summed E-state index contributed by atoms with van der Waals surface area (Å²) in [5.41, 5.74) is -0.0939. The first kappa shape index (κ1) is 31.4. The highest BCUT2D eigenvalue weighted by molar-refractivity contribution is 6.29. The van der Waals surface area contributed by atoms with Gasteiger partial charge in [-0.15, -0.1) is 4.90 Å². The molecule has 4 heterocycles. The number of imidazole rings is 1. The Labute approximate surface area is 250 Å². The van der Waals surface area contributed by atoms with Crippen molar-refractivity contribution in [2.24, 2.45) is 5.92 Å². The van der Waals surface area contributed by atoms with Crippen LogP contribution in [0.15, 0.2) is 12.4 Å². The van der Waals surface area contributed by atoms with Gasteiger partial charge in [-0.25, -0.2) is 34.5 Å². The molecule has 0 N–H and O–H groups in total. The van der Waals surface area contributed by atoms with E-state index in [4.69, 9.17) is 35.8 Å². The van der Waals surface area contributed by atoms with Crippen LogP contribution in [0, 0.1) is 5.92 Å². The van der Waals surface area contributed by atoms with E-state index < -0.39 is 23.4 Å². The molecule has 0 bridgehead atoms. The molecular formula is C28H39ClN8O5. The average molecular weight is 603 g/mol. The Morgan fingerprint density at radius 2 is 1.64 bits per heavy atom. The fourth-order valence-electron chi connectivity index (χ4n) is 4.26. The second-order valence-corrected chi connectivity index (χ2v) is 13.0. The number of ether oxygens (including phenoxy) is 3. The third-order valence-electron chi connectivity index (χ3n) is 5.97. The number of halogens is 1. The van der Waals surface area contributed by atoms with Gasteiger partial charge in [0.1, 0.15) is 11.2 Å². The van der Waals surface area contributed by atoms with E-state index in [-0.39, 0.29) is 12.0 Å². The van der Waals surface area contributed by atoms with E-state index in [1.165, 1.54) is 12.4 Å². The Balaban J connectivity index is 1.79. The molecule has 0 spiro atoms. The Morgan fingerprint density at radius 3 is 2.17 bits per heavy atom. The first-order chi connectivity index (χ1) is 19.5. The van der Waals surface area contributed by atoms with Crippen LogP contribution in [0.3, 0.4) is 0 Å². The summed E-state index contributed by atoms with van der Waals surface area (Å²) in [5, 5.41) is 0.323. The molecule has 13 nitrogen and oxygen atoms in total. The average Bonchev–Trinajstić information content (AvgIpc) is 3.16. The third kappa shape index (κ3) is 7.24. The van der Waals surface area contributed by atoms with E-state index in [0.717, 1.165) is 0 Å². The van der Waals surface area contributed by atoms with Crippen LogP contribution < -0.4 is 9.80 Å². The van der Waals surface area contributed by atoms with Gasteiger partial charge in [-0.2, -0.15) is 0 Å². The van der Waals surface area contributed by atoms with Crippen LogP contribution in [0.2, 0.25) is 5.28 Å². The number of aromatic nitrogens is 6. The normalized spacial score (nSPS) is 16.2. The largest absolute Gasteiger partial charge is 0.443 e. The summed E-state index contributed by atoms with van der Waals surface area (Å²) in [7, 11) is 0. The number of fused-ring (bicyclic) bond motifs is 1. The topological polar surface area (TPSA) is 138 Å². The Morgan fingerprint density at radius 1 is 1.05 bits per heavy atom. The summed E-state index contributed by atoms with van der Waals surface area (Å²) in [6.07, 6.45) is 0.974. The number of nitrogens with zero attached hydrogens (tertiary/aromatic N) is 8. The van der Waals surface area contributed by atoms with E-state index in [9.17, 15) is 9.59 Å². The Bertz CT molecular complexity index is 1420. The van der Waals surface area contributed by atoms with Crippen LogP contribution in [-0.4, -0.2) is 78.7 Å². The van der Waals surface area contributed by atoms with Crippen LogP contribution in [0.4, 0.5) is 21.4 Å². The van der Waals surface area contributed by atoms with Gasteiger partial charge in [0, 0.05) is 25.5 Å². The first-order valence-electron chi connectivity index (χ1n) is 13.9. The molecule has 1 saturated heterocycles. The minimum atomic E-state index is -0.960. The smallest absolute Gasteiger partial charge is 0.427 e. The molecule has 0 saturated carbocycles. The molecular weight excluding hydrogens is 564 g/mol. The minimum absolute atomic E-state index is 0.0496. The summed E-state index contributed by atoms with van der Waals surface area (Å²) in [4.78, 5) is 51.8. The van der Waals surface area contributed by atoms with E-state index in [0.29, 0.717) is 70.8 Å². The number of imide groups is 1. The highest BCUT2D eigenvalue weighted by atomic mass is 35.5. The number of morpholine rings is 1. The lowest BCUT2D eigenvalue weighted by atomic mass is 10.2. The molecule has 4 rings (SSSR count). The Hall–Kier alpha value is -3.58. The molecule has 0 unspecified atom stereocenters. The highest BCUT2D eigenvalue weighted by Crippen LogP contribution is 2.32. The molecule has 1 aliphatic heterocycles. The molecule has 1 atom stereocenters. The molecule has 42 heavy (non-hydrogen) atoms. The van der Waals surface area contributed by atoms with Crippen molar-refractivity contribution in [2.75, 3.05) is 29.6 Å². The fraction of sp³-hybridized carbons (Fsp3) is 0.607. The van der Waals surface area contributed by atoms with Crippen LogP contribution in [-0.2, 0) is 20.8 Å². The molecule has 0 aromatic carbocycles. The number of rotatable bonds is 5. The van der Waals surface area contributed by atoms with Gasteiger partial charge in [-0.1, -0.05) is 13.8 Å². The number of carbonyl (C=O) groups is 2. The number of hydrogen-bond donors (Lipinski definition) is 0. The van der Waals surface area contributed by atoms with Crippen LogP contribution in [0.25, 0.3) is 22.6 Å². The van der Waals surface area contributed by atoms with Gasteiger partial charge in [0.05, 0.1) is 24.8 Å². The zero-order valence-corrected chi connectivity index (χ0v) is 26.4. The third-order valence-corrected chi connectivity index (χ3v) is 6.25. The molecule has 1 fully saturated rings. The SMILES string of the molecule is CC(C)Cn1c(Cl)nc2c(N3CCOC[C@@H]3C)nc(-c3cnc(N(C(=O)OC(C)(C)C)C(=O)OC(C)(C)C)nc3)nc21. The lowest BCUT2D eigenvalue weighted by molar-refractivity contribution is 0.0427. The van der Waals surface area contributed by atoms with Gasteiger partial charge < -0.3 is 19.1 Å². The molecule has 228 valence electrons. The molecule has 2 amide bonds. The zero-order chi connectivity index (χ0) is 31.0. The number of amides is 2. The van der Waals surface area contributed by atoms with E-state index in [1.54, 1.807) is 41.5 Å². The number of anilines is 2. The van der Waals surface area contributed by atoms with Crippen LogP contribution in [0.5, 0.6) is 0 Å². The highest BCUT2D eigenvalue weighted by Gasteiger charge is 2.35. The summed E-state index contributed by atoms with van der Waals surface area (Å²) < 4.78 is 18.4. The lowest BCUT2D eigenvalue weighted by Crippen LogP contribution is -2.44. The van der Waals surface area contributed by atoms with Crippen molar-refractivity contribution < 1.29 is 23.8 Å². The van der Waals surface area contributed by atoms with Crippen LogP contribution >= 0.6 is 11.6 Å². The zero-order valence-electron chi connectivity index (χ0n) is 25.6. The van der Waals surface area contributed by atoms with E-state index in [2.05, 4.69) is 40.6 Å². The second kappa shape index (κ2) is 12.0. The molecule has 3 aromatic heterocycles. The van der Waals surface area contributed by atoms with Crippen molar-refractivity contribution in [1.29, 1.82) is 0 Å². The second-order valence-electron chi connectivity index (χ2n) is 12.6. The maximum absolute atomic E-state index is 13.0. The summed E-state index contributed by atoms with van der Waals surface area (Å²) in [6, 6.07) is 0.0496. The van der Waals surface area contributed by atoms with E-state index in [1.807, 2.05) is 4.57 Å². The van der Waals surface area contributed by atoms with Gasteiger partial charge in [-0.05, 0) is 66.0 Å². The molecule has 0 radical (unpaired) electrons. The lowest BCUT2D eigenvalue weighted by Gasteiger charge is -2.34. The molecule has 1 aliphatic rings. The number of hydrogen-bond acceptors (Lipinski definition) is 11. The predicted octanol–water partition coefficient (Wildman–Crippen LogP) is 5.49. The quantitative estimate of drug-likeness (QED) is 0.342. The van der Waals surface area contributed by atoms with Crippen molar-refractivity contribution in [3.63, 3.8) is 0 Å². The Kier molecular flexibility index (Phi) is 8.93. The monoisotopic (exact) mass is 602 g/mol. The maximum Gasteiger partial charge on any atom is 0.427 e. The summed E-state index contributed by atoms with van der Waals surface area (Å²) in [6.45, 7) is 18.7.